The lowest BCUT2D eigenvalue weighted by molar-refractivity contribution is 0.389. The maximum atomic E-state index is 5.06. The number of hydrogen-bond acceptors (Lipinski definition) is 3. The fourth-order valence-electron chi connectivity index (χ4n) is 0.896. The predicted molar refractivity (Wildman–Crippen MR) is 54.0 cm³/mol. The van der Waals surface area contributed by atoms with Gasteiger partial charge < -0.3 is 4.74 Å². The molecule has 0 atom stereocenters. The molecule has 0 aliphatic carbocycles. The first kappa shape index (κ1) is 11.9. The van der Waals surface area contributed by atoms with E-state index < -0.39 is 0 Å². The van der Waals surface area contributed by atoms with E-state index in [0.29, 0.717) is 11.8 Å². The molecule has 1 aromatic heterocycles. The minimum atomic E-state index is 0.408. The van der Waals surface area contributed by atoms with Crippen LogP contribution in [0.4, 0.5) is 0 Å². The third-order valence-electron chi connectivity index (χ3n) is 1.52. The van der Waals surface area contributed by atoms with Crippen molar-refractivity contribution in [1.29, 1.82) is 0 Å². The molecule has 0 aliphatic rings. The lowest BCUT2D eigenvalue weighted by atomic mass is 10.1. The van der Waals surface area contributed by atoms with Gasteiger partial charge >= 0.3 is 0 Å². The highest BCUT2D eigenvalue weighted by Gasteiger charge is 2.06. The standard InChI is InChI=1S/C8H12N2O.C2H6/c1-6(2)7-4-9-5-10-8(7)11-3;1-2/h4-6H,1-3H3;1-2H3. The Morgan fingerprint density at radius 2 is 1.92 bits per heavy atom. The highest BCUT2D eigenvalue weighted by atomic mass is 16.5. The van der Waals surface area contributed by atoms with Crippen molar-refractivity contribution < 1.29 is 4.74 Å². The number of nitrogens with zero attached hydrogens (tertiary/aromatic N) is 2. The maximum Gasteiger partial charge on any atom is 0.219 e. The fraction of sp³-hybridized carbons (Fsp3) is 0.600. The average molecular weight is 182 g/mol. The molecule has 1 heterocycles. The molecule has 0 bridgehead atoms. The van der Waals surface area contributed by atoms with E-state index in [1.807, 2.05) is 13.8 Å². The first-order chi connectivity index (χ1) is 6.25. The Morgan fingerprint density at radius 1 is 1.31 bits per heavy atom. The Morgan fingerprint density at radius 3 is 2.31 bits per heavy atom. The van der Waals surface area contributed by atoms with Crippen LogP contribution in [0.15, 0.2) is 12.5 Å². The van der Waals surface area contributed by atoms with E-state index in [-0.39, 0.29) is 0 Å². The van der Waals surface area contributed by atoms with Crippen molar-refractivity contribution in [2.75, 3.05) is 7.11 Å². The highest BCUT2D eigenvalue weighted by molar-refractivity contribution is 5.24. The molecular formula is C10H18N2O. The number of hydrogen-bond donors (Lipinski definition) is 0. The van der Waals surface area contributed by atoms with E-state index in [4.69, 9.17) is 4.74 Å². The highest BCUT2D eigenvalue weighted by Crippen LogP contribution is 2.21. The molecule has 3 nitrogen and oxygen atoms in total. The first-order valence-electron chi connectivity index (χ1n) is 4.59. The van der Waals surface area contributed by atoms with Gasteiger partial charge in [0.25, 0.3) is 0 Å². The molecule has 3 heteroatoms. The smallest absolute Gasteiger partial charge is 0.219 e. The van der Waals surface area contributed by atoms with Gasteiger partial charge in [-0.2, -0.15) is 0 Å². The zero-order valence-corrected chi connectivity index (χ0v) is 9.03. The minimum absolute atomic E-state index is 0.408. The van der Waals surface area contributed by atoms with Gasteiger partial charge in [-0.15, -0.1) is 0 Å². The molecule has 1 rings (SSSR count). The second-order valence-corrected chi connectivity index (χ2v) is 2.64. The van der Waals surface area contributed by atoms with Gasteiger partial charge in [0, 0.05) is 11.8 Å². The van der Waals surface area contributed by atoms with Crippen LogP contribution in [0.5, 0.6) is 5.88 Å². The third-order valence-corrected chi connectivity index (χ3v) is 1.52. The van der Waals surface area contributed by atoms with Crippen LogP contribution < -0.4 is 4.74 Å². The minimum Gasteiger partial charge on any atom is -0.481 e. The lowest BCUT2D eigenvalue weighted by Crippen LogP contribution is -1.97. The summed E-state index contributed by atoms with van der Waals surface area (Å²) in [5.41, 5.74) is 1.05. The van der Waals surface area contributed by atoms with Crippen LogP contribution in [-0.4, -0.2) is 17.1 Å². The molecule has 0 N–H and O–H groups in total. The Bertz CT molecular complexity index is 236. The van der Waals surface area contributed by atoms with Gasteiger partial charge in [0.15, 0.2) is 0 Å². The van der Waals surface area contributed by atoms with Crippen molar-refractivity contribution in [2.45, 2.75) is 33.6 Å². The number of methoxy groups -OCH3 is 1. The van der Waals surface area contributed by atoms with E-state index in [0.717, 1.165) is 5.56 Å². The van der Waals surface area contributed by atoms with Gasteiger partial charge in [-0.05, 0) is 5.92 Å². The SMILES string of the molecule is CC.COc1ncncc1C(C)C. The van der Waals surface area contributed by atoms with Crippen LogP contribution >= 0.6 is 0 Å². The van der Waals surface area contributed by atoms with Crippen molar-refractivity contribution in [3.05, 3.63) is 18.1 Å². The van der Waals surface area contributed by atoms with Crippen LogP contribution in [-0.2, 0) is 0 Å². The van der Waals surface area contributed by atoms with E-state index in [1.54, 1.807) is 13.3 Å². The summed E-state index contributed by atoms with van der Waals surface area (Å²) in [6.45, 7) is 8.17. The molecule has 0 aromatic carbocycles. The van der Waals surface area contributed by atoms with Gasteiger partial charge in [0.1, 0.15) is 6.33 Å². The third kappa shape index (κ3) is 3.40. The van der Waals surface area contributed by atoms with Gasteiger partial charge in [0.05, 0.1) is 7.11 Å². The van der Waals surface area contributed by atoms with Gasteiger partial charge in [-0.25, -0.2) is 9.97 Å². The zero-order chi connectivity index (χ0) is 10.3. The molecule has 0 radical (unpaired) electrons. The van der Waals surface area contributed by atoms with E-state index >= 15 is 0 Å². The summed E-state index contributed by atoms with van der Waals surface area (Å²) in [4.78, 5) is 7.91. The van der Waals surface area contributed by atoms with Gasteiger partial charge in [0.2, 0.25) is 5.88 Å². The predicted octanol–water partition coefficient (Wildman–Crippen LogP) is 2.63. The largest absolute Gasteiger partial charge is 0.481 e. The number of rotatable bonds is 2. The fourth-order valence-corrected chi connectivity index (χ4v) is 0.896. The summed E-state index contributed by atoms with van der Waals surface area (Å²) in [6, 6.07) is 0. The molecule has 1 aromatic rings. The summed E-state index contributed by atoms with van der Waals surface area (Å²) >= 11 is 0. The summed E-state index contributed by atoms with van der Waals surface area (Å²) < 4.78 is 5.06. The summed E-state index contributed by atoms with van der Waals surface area (Å²) in [7, 11) is 1.62. The second-order valence-electron chi connectivity index (χ2n) is 2.64. The average Bonchev–Trinajstić information content (AvgIpc) is 2.20. The Labute approximate surface area is 80.2 Å². The van der Waals surface area contributed by atoms with Crippen molar-refractivity contribution in [2.24, 2.45) is 0 Å². The van der Waals surface area contributed by atoms with Crippen LogP contribution in [0, 0.1) is 0 Å². The maximum absolute atomic E-state index is 5.06. The molecule has 0 fully saturated rings. The van der Waals surface area contributed by atoms with Crippen molar-refractivity contribution in [3.8, 4) is 5.88 Å². The molecule has 0 saturated heterocycles. The van der Waals surface area contributed by atoms with Gasteiger partial charge in [-0.3, -0.25) is 0 Å². The van der Waals surface area contributed by atoms with Crippen molar-refractivity contribution >= 4 is 0 Å². The quantitative estimate of drug-likeness (QED) is 0.705. The van der Waals surface area contributed by atoms with E-state index in [9.17, 15) is 0 Å². The molecule has 0 aliphatic heterocycles. The number of ether oxygens (including phenoxy) is 1. The Balaban J connectivity index is 0.000000671. The monoisotopic (exact) mass is 182 g/mol. The van der Waals surface area contributed by atoms with Crippen LogP contribution in [0.25, 0.3) is 0 Å². The normalized spacial score (nSPS) is 9.08. The summed E-state index contributed by atoms with van der Waals surface area (Å²) in [5, 5.41) is 0. The first-order valence-corrected chi connectivity index (χ1v) is 4.59. The molecule has 0 unspecified atom stereocenters. The van der Waals surface area contributed by atoms with Crippen LogP contribution in [0.1, 0.15) is 39.2 Å². The number of aromatic nitrogens is 2. The second kappa shape index (κ2) is 6.40. The molecule has 13 heavy (non-hydrogen) atoms. The molecule has 0 amide bonds. The van der Waals surface area contributed by atoms with Crippen molar-refractivity contribution in [1.82, 2.24) is 9.97 Å². The van der Waals surface area contributed by atoms with Crippen LogP contribution in [0.3, 0.4) is 0 Å². The van der Waals surface area contributed by atoms with Crippen LogP contribution in [0.2, 0.25) is 0 Å². The van der Waals surface area contributed by atoms with Crippen molar-refractivity contribution in [3.63, 3.8) is 0 Å². The molecule has 74 valence electrons. The zero-order valence-electron chi connectivity index (χ0n) is 9.03. The molecular weight excluding hydrogens is 164 g/mol. The lowest BCUT2D eigenvalue weighted by Gasteiger charge is -2.07. The van der Waals surface area contributed by atoms with E-state index in [1.165, 1.54) is 6.33 Å². The molecule has 0 spiro atoms. The van der Waals surface area contributed by atoms with Gasteiger partial charge in [-0.1, -0.05) is 27.7 Å². The van der Waals surface area contributed by atoms with E-state index in [2.05, 4.69) is 23.8 Å². The topological polar surface area (TPSA) is 35.0 Å². The molecule has 0 saturated carbocycles. The Kier molecular flexibility index (Phi) is 5.85. The summed E-state index contributed by atoms with van der Waals surface area (Å²) in [6.07, 6.45) is 3.28. The summed E-state index contributed by atoms with van der Waals surface area (Å²) in [5.74, 6) is 1.08. The Hall–Kier alpha value is -1.12.